The molecule has 0 radical (unpaired) electrons. The summed E-state index contributed by atoms with van der Waals surface area (Å²) in [6, 6.07) is 0. The zero-order valence-electron chi connectivity index (χ0n) is 4.47. The summed E-state index contributed by atoms with van der Waals surface area (Å²) in [6.07, 6.45) is 0. The molecule has 6 heteroatoms. The largest absolute Gasteiger partial charge is 0.164 e. The molecule has 0 aromatic carbocycles. The molecule has 0 fully saturated rings. The molecule has 0 N–H and O–H groups in total. The third kappa shape index (κ3) is 10.1. The Morgan fingerprint density at radius 3 is 2.00 bits per heavy atom. The minimum Gasteiger partial charge on any atom is -0.164 e. The van der Waals surface area contributed by atoms with Crippen molar-refractivity contribution >= 4 is 72.1 Å². The molecule has 0 aliphatic carbocycles. The standard InChI is InChI=1S/C3H8S6/c4-2(5)1-8-9-3(6)7/h2-7H,1H2. The summed E-state index contributed by atoms with van der Waals surface area (Å²) in [5.41, 5.74) is 0. The Labute approximate surface area is 85.7 Å². The topological polar surface area (TPSA) is 0 Å². The van der Waals surface area contributed by atoms with Crippen LogP contribution in [0.15, 0.2) is 0 Å². The first-order chi connectivity index (χ1) is 4.13. The Bertz CT molecular complexity index is 53.3. The third-order valence-electron chi connectivity index (χ3n) is 0.371. The van der Waals surface area contributed by atoms with Crippen LogP contribution in [-0.2, 0) is 0 Å². The van der Waals surface area contributed by atoms with Crippen LogP contribution in [0.25, 0.3) is 0 Å². The van der Waals surface area contributed by atoms with Crippen LogP contribution in [0.5, 0.6) is 0 Å². The van der Waals surface area contributed by atoms with Gasteiger partial charge in [0.05, 0.1) is 4.58 Å². The maximum absolute atomic E-state index is 4.08. The molecule has 0 heterocycles. The van der Waals surface area contributed by atoms with Crippen molar-refractivity contribution in [2.24, 2.45) is 0 Å². The lowest BCUT2D eigenvalue weighted by molar-refractivity contribution is 1.49. The molecule has 0 aliphatic heterocycles. The van der Waals surface area contributed by atoms with Crippen molar-refractivity contribution < 1.29 is 0 Å². The molecule has 0 saturated carbocycles. The third-order valence-corrected chi connectivity index (χ3v) is 4.89. The van der Waals surface area contributed by atoms with Crippen molar-refractivity contribution in [3.8, 4) is 0 Å². The molecule has 0 amide bonds. The highest BCUT2D eigenvalue weighted by Gasteiger charge is 1.98. The van der Waals surface area contributed by atoms with Crippen molar-refractivity contribution in [3.05, 3.63) is 0 Å². The Balaban J connectivity index is 2.91. The van der Waals surface area contributed by atoms with E-state index in [0.717, 1.165) is 5.75 Å². The molecule has 0 rings (SSSR count). The van der Waals surface area contributed by atoms with Gasteiger partial charge in [0.25, 0.3) is 0 Å². The van der Waals surface area contributed by atoms with Crippen LogP contribution in [0.4, 0.5) is 0 Å². The first kappa shape index (κ1) is 11.1. The lowest BCUT2D eigenvalue weighted by atomic mass is 10.9. The van der Waals surface area contributed by atoms with Crippen molar-refractivity contribution in [2.75, 3.05) is 5.75 Å². The van der Waals surface area contributed by atoms with Gasteiger partial charge in [-0.3, -0.25) is 0 Å². The molecule has 0 aliphatic rings. The van der Waals surface area contributed by atoms with Gasteiger partial charge in [-0.1, -0.05) is 21.6 Å². The number of rotatable bonds is 4. The van der Waals surface area contributed by atoms with E-state index in [1.807, 2.05) is 0 Å². The highest BCUT2D eigenvalue weighted by molar-refractivity contribution is 8.79. The van der Waals surface area contributed by atoms with Crippen LogP contribution in [0.2, 0.25) is 0 Å². The van der Waals surface area contributed by atoms with Crippen molar-refractivity contribution in [1.82, 2.24) is 0 Å². The SMILES string of the molecule is SC(S)CSSC(S)S. The van der Waals surface area contributed by atoms with Crippen LogP contribution in [-0.4, -0.2) is 14.2 Å². The fourth-order valence-electron chi connectivity index (χ4n) is 0.161. The predicted octanol–water partition coefficient (Wildman–Crippen LogP) is 2.70. The lowest BCUT2D eigenvalue weighted by Crippen LogP contribution is -1.88. The first-order valence-electron chi connectivity index (χ1n) is 2.13. The molecule has 56 valence electrons. The molecule has 0 bridgehead atoms. The summed E-state index contributed by atoms with van der Waals surface area (Å²) < 4.78 is 0.248. The van der Waals surface area contributed by atoms with Gasteiger partial charge in [0.2, 0.25) is 0 Å². The van der Waals surface area contributed by atoms with Gasteiger partial charge in [-0.15, -0.1) is 0 Å². The maximum Gasteiger partial charge on any atom is 0.100 e. The van der Waals surface area contributed by atoms with Gasteiger partial charge >= 0.3 is 0 Å². The summed E-state index contributed by atoms with van der Waals surface area (Å²) in [5.74, 6) is 0.911. The van der Waals surface area contributed by atoms with Gasteiger partial charge in [-0.25, -0.2) is 0 Å². The zero-order chi connectivity index (χ0) is 7.28. The van der Waals surface area contributed by atoms with Gasteiger partial charge in [-0.2, -0.15) is 50.5 Å². The van der Waals surface area contributed by atoms with Crippen LogP contribution >= 0.6 is 72.1 Å². The van der Waals surface area contributed by atoms with E-state index < -0.39 is 0 Å². The normalized spacial score (nSPS) is 11.3. The van der Waals surface area contributed by atoms with Gasteiger partial charge in [-0.05, 0) is 0 Å². The van der Waals surface area contributed by atoms with E-state index in [1.165, 1.54) is 0 Å². The molecule has 0 saturated heterocycles. The quantitative estimate of drug-likeness (QED) is 0.337. The summed E-state index contributed by atoms with van der Waals surface area (Å²) in [6.45, 7) is 0. The van der Waals surface area contributed by atoms with E-state index in [-0.39, 0.29) is 8.50 Å². The average molecular weight is 236 g/mol. The fourth-order valence-corrected chi connectivity index (χ4v) is 3.64. The Hall–Kier alpha value is 2.10. The highest BCUT2D eigenvalue weighted by Crippen LogP contribution is 2.32. The molecular weight excluding hydrogens is 228 g/mol. The minimum atomic E-state index is 0.0930. The van der Waals surface area contributed by atoms with Gasteiger partial charge in [0.1, 0.15) is 3.91 Å². The molecule has 0 aromatic rings. The lowest BCUT2D eigenvalue weighted by Gasteiger charge is -2.02. The molecule has 0 aromatic heterocycles. The van der Waals surface area contributed by atoms with Gasteiger partial charge < -0.3 is 0 Å². The fraction of sp³-hybridized carbons (Fsp3) is 1.00. The Kier molecular flexibility index (Phi) is 8.37. The number of hydrogen-bond acceptors (Lipinski definition) is 6. The molecule has 9 heavy (non-hydrogen) atoms. The van der Waals surface area contributed by atoms with Crippen LogP contribution < -0.4 is 0 Å². The van der Waals surface area contributed by atoms with Crippen LogP contribution in [0.1, 0.15) is 0 Å². The smallest absolute Gasteiger partial charge is 0.100 e. The zero-order valence-corrected chi connectivity index (χ0v) is 9.68. The maximum atomic E-state index is 4.08. The summed E-state index contributed by atoms with van der Waals surface area (Å²) in [4.78, 5) is 0. The summed E-state index contributed by atoms with van der Waals surface area (Å²) in [5, 5.41) is 0. The van der Waals surface area contributed by atoms with Crippen molar-refractivity contribution in [2.45, 2.75) is 8.50 Å². The molecule has 0 unspecified atom stereocenters. The van der Waals surface area contributed by atoms with E-state index in [2.05, 4.69) is 50.5 Å². The second-order valence-corrected chi connectivity index (χ2v) is 7.50. The molecular formula is C3H8S6. The summed E-state index contributed by atoms with van der Waals surface area (Å²) in [7, 11) is 3.29. The van der Waals surface area contributed by atoms with E-state index >= 15 is 0 Å². The number of thiol groups is 4. The Morgan fingerprint density at radius 1 is 1.11 bits per heavy atom. The molecule has 0 nitrogen and oxygen atoms in total. The van der Waals surface area contributed by atoms with Crippen LogP contribution in [0.3, 0.4) is 0 Å². The van der Waals surface area contributed by atoms with Crippen molar-refractivity contribution in [3.63, 3.8) is 0 Å². The number of hydrogen-bond donors (Lipinski definition) is 4. The van der Waals surface area contributed by atoms with E-state index in [9.17, 15) is 0 Å². The van der Waals surface area contributed by atoms with E-state index in [4.69, 9.17) is 0 Å². The summed E-state index contributed by atoms with van der Waals surface area (Å²) >= 11 is 16.3. The van der Waals surface area contributed by atoms with Gasteiger partial charge in [0.15, 0.2) is 0 Å². The van der Waals surface area contributed by atoms with Crippen LogP contribution in [0, 0.1) is 0 Å². The molecule has 0 atom stereocenters. The minimum absolute atomic E-state index is 0.0930. The average Bonchev–Trinajstić information content (AvgIpc) is 1.63. The second-order valence-electron chi connectivity index (χ2n) is 1.19. The van der Waals surface area contributed by atoms with Gasteiger partial charge in [0, 0.05) is 5.75 Å². The monoisotopic (exact) mass is 236 g/mol. The van der Waals surface area contributed by atoms with E-state index in [0.29, 0.717) is 0 Å². The predicted molar refractivity (Wildman–Crippen MR) is 63.6 cm³/mol. The van der Waals surface area contributed by atoms with E-state index in [1.54, 1.807) is 21.6 Å². The van der Waals surface area contributed by atoms with Crippen molar-refractivity contribution in [1.29, 1.82) is 0 Å². The second kappa shape index (κ2) is 6.79. The Morgan fingerprint density at radius 2 is 1.67 bits per heavy atom. The first-order valence-corrected chi connectivity index (χ1v) is 6.58. The highest BCUT2D eigenvalue weighted by atomic mass is 33.1. The molecule has 0 spiro atoms.